The van der Waals surface area contributed by atoms with Crippen molar-refractivity contribution in [1.29, 1.82) is 0 Å². The van der Waals surface area contributed by atoms with Gasteiger partial charge in [-0.25, -0.2) is 0 Å². The van der Waals surface area contributed by atoms with E-state index in [0.717, 1.165) is 40.9 Å². The van der Waals surface area contributed by atoms with E-state index >= 15 is 0 Å². The number of nitrogens with zero attached hydrogens (tertiary/aromatic N) is 3. The third kappa shape index (κ3) is 2.75. The number of piperidine rings is 1. The molecule has 0 spiro atoms. The molecule has 2 aromatic heterocycles. The van der Waals surface area contributed by atoms with Crippen LogP contribution in [0.4, 0.5) is 0 Å². The molecule has 0 atom stereocenters. The van der Waals surface area contributed by atoms with Crippen LogP contribution in [-0.2, 0) is 0 Å². The van der Waals surface area contributed by atoms with Crippen molar-refractivity contribution in [3.8, 4) is 5.75 Å². The lowest BCUT2D eigenvalue weighted by Crippen LogP contribution is -2.38. The lowest BCUT2D eigenvalue weighted by atomic mass is 9.96. The molecule has 0 radical (unpaired) electrons. The van der Waals surface area contributed by atoms with Crippen LogP contribution in [0, 0.1) is 6.92 Å². The Balaban J connectivity index is 1.53. The van der Waals surface area contributed by atoms with Gasteiger partial charge in [0.1, 0.15) is 11.4 Å². The molecule has 1 aliphatic heterocycles. The van der Waals surface area contributed by atoms with Gasteiger partial charge in [-0.2, -0.15) is 4.98 Å². The molecule has 3 aromatic rings. The molecule has 130 valence electrons. The first-order chi connectivity index (χ1) is 12.2. The number of hydrogen-bond donors (Lipinski definition) is 1. The fraction of sp³-hybridized carbons (Fsp3) is 0.389. The van der Waals surface area contributed by atoms with Crippen molar-refractivity contribution in [1.82, 2.24) is 20.0 Å². The summed E-state index contributed by atoms with van der Waals surface area (Å²) < 4.78 is 10.1. The van der Waals surface area contributed by atoms with Crippen LogP contribution in [0.25, 0.3) is 10.9 Å². The number of amides is 1. The van der Waals surface area contributed by atoms with Gasteiger partial charge in [0, 0.05) is 29.9 Å². The molecule has 3 heterocycles. The zero-order chi connectivity index (χ0) is 17.4. The van der Waals surface area contributed by atoms with E-state index in [1.807, 2.05) is 30.0 Å². The maximum atomic E-state index is 13.0. The number of nitrogens with one attached hydrogen (secondary N) is 1. The molecule has 1 amide bonds. The number of ether oxygens (including phenoxy) is 1. The molecule has 7 nitrogen and oxygen atoms in total. The summed E-state index contributed by atoms with van der Waals surface area (Å²) in [6.45, 7) is 3.35. The quantitative estimate of drug-likeness (QED) is 0.792. The Morgan fingerprint density at radius 3 is 2.84 bits per heavy atom. The first-order valence-corrected chi connectivity index (χ1v) is 8.39. The van der Waals surface area contributed by atoms with E-state index in [0.29, 0.717) is 18.8 Å². The fourth-order valence-corrected chi connectivity index (χ4v) is 3.50. The highest BCUT2D eigenvalue weighted by atomic mass is 16.5. The van der Waals surface area contributed by atoms with E-state index in [4.69, 9.17) is 9.26 Å². The van der Waals surface area contributed by atoms with Gasteiger partial charge in [0.2, 0.25) is 6.39 Å². The molecule has 1 aliphatic rings. The number of H-pyrrole nitrogens is 1. The summed E-state index contributed by atoms with van der Waals surface area (Å²) in [5, 5.41) is 4.94. The van der Waals surface area contributed by atoms with Crippen molar-refractivity contribution in [2.45, 2.75) is 25.7 Å². The number of benzene rings is 1. The largest absolute Gasteiger partial charge is 0.497 e. The highest BCUT2D eigenvalue weighted by Crippen LogP contribution is 2.29. The van der Waals surface area contributed by atoms with Crippen molar-refractivity contribution in [3.05, 3.63) is 41.7 Å². The van der Waals surface area contributed by atoms with Crippen LogP contribution in [0.15, 0.2) is 29.1 Å². The lowest BCUT2D eigenvalue weighted by molar-refractivity contribution is 0.0705. The van der Waals surface area contributed by atoms with Crippen LogP contribution in [0.2, 0.25) is 0 Å². The van der Waals surface area contributed by atoms with Crippen molar-refractivity contribution in [3.63, 3.8) is 0 Å². The van der Waals surface area contributed by atoms with Gasteiger partial charge in [0.05, 0.1) is 7.11 Å². The second-order valence-corrected chi connectivity index (χ2v) is 6.39. The van der Waals surface area contributed by atoms with E-state index in [9.17, 15) is 4.79 Å². The summed E-state index contributed by atoms with van der Waals surface area (Å²) in [5.74, 6) is 1.82. The van der Waals surface area contributed by atoms with E-state index in [1.165, 1.54) is 6.39 Å². The van der Waals surface area contributed by atoms with Crippen molar-refractivity contribution < 1.29 is 14.1 Å². The Morgan fingerprint density at radius 2 is 2.16 bits per heavy atom. The topological polar surface area (TPSA) is 84.3 Å². The third-order valence-corrected chi connectivity index (χ3v) is 5.00. The zero-order valence-corrected chi connectivity index (χ0v) is 14.3. The average Bonchev–Trinajstić information content (AvgIpc) is 3.30. The SMILES string of the molecule is COc1ccc2[nH]c(C(=O)N3CCC(c4ncon4)CC3)c(C)c2c1. The molecule has 25 heavy (non-hydrogen) atoms. The minimum Gasteiger partial charge on any atom is -0.497 e. The molecule has 0 bridgehead atoms. The third-order valence-electron chi connectivity index (χ3n) is 5.00. The Morgan fingerprint density at radius 1 is 1.36 bits per heavy atom. The van der Waals surface area contributed by atoms with E-state index < -0.39 is 0 Å². The monoisotopic (exact) mass is 340 g/mol. The van der Waals surface area contributed by atoms with Gasteiger partial charge in [0.25, 0.3) is 5.91 Å². The first kappa shape index (κ1) is 15.7. The summed E-state index contributed by atoms with van der Waals surface area (Å²) in [6, 6.07) is 5.80. The predicted molar refractivity (Wildman–Crippen MR) is 91.8 cm³/mol. The van der Waals surface area contributed by atoms with Crippen LogP contribution in [-0.4, -0.2) is 46.1 Å². The number of carbonyl (C=O) groups excluding carboxylic acids is 1. The zero-order valence-electron chi connectivity index (χ0n) is 14.3. The molecule has 1 N–H and O–H groups in total. The number of likely N-dealkylation sites (tertiary alicyclic amines) is 1. The predicted octanol–water partition coefficient (Wildman–Crippen LogP) is 2.89. The van der Waals surface area contributed by atoms with Crippen molar-refractivity contribution in [2.24, 2.45) is 0 Å². The van der Waals surface area contributed by atoms with Gasteiger partial charge in [-0.3, -0.25) is 4.79 Å². The van der Waals surface area contributed by atoms with Crippen LogP contribution in [0.3, 0.4) is 0 Å². The maximum Gasteiger partial charge on any atom is 0.270 e. The van der Waals surface area contributed by atoms with Gasteiger partial charge in [-0.05, 0) is 43.5 Å². The minimum atomic E-state index is 0.0410. The molecule has 1 saturated heterocycles. The molecule has 0 aliphatic carbocycles. The number of aromatic nitrogens is 3. The molecule has 0 saturated carbocycles. The smallest absolute Gasteiger partial charge is 0.270 e. The lowest BCUT2D eigenvalue weighted by Gasteiger charge is -2.30. The molecular weight excluding hydrogens is 320 g/mol. The molecule has 1 fully saturated rings. The number of fused-ring (bicyclic) bond motifs is 1. The van der Waals surface area contributed by atoms with Gasteiger partial charge in [-0.15, -0.1) is 0 Å². The Bertz CT molecular complexity index is 893. The van der Waals surface area contributed by atoms with Crippen LogP contribution >= 0.6 is 0 Å². The van der Waals surface area contributed by atoms with Crippen molar-refractivity contribution >= 4 is 16.8 Å². The van der Waals surface area contributed by atoms with E-state index in [2.05, 4.69) is 15.1 Å². The summed E-state index contributed by atoms with van der Waals surface area (Å²) in [7, 11) is 1.64. The summed E-state index contributed by atoms with van der Waals surface area (Å²) in [4.78, 5) is 22.2. The second kappa shape index (κ2) is 6.23. The van der Waals surface area contributed by atoms with Gasteiger partial charge in [0.15, 0.2) is 5.82 Å². The van der Waals surface area contributed by atoms with Crippen LogP contribution in [0.1, 0.15) is 40.6 Å². The number of methoxy groups -OCH3 is 1. The van der Waals surface area contributed by atoms with Gasteiger partial charge in [-0.1, -0.05) is 5.16 Å². The normalized spacial score (nSPS) is 15.7. The number of aromatic amines is 1. The fourth-order valence-electron chi connectivity index (χ4n) is 3.50. The maximum absolute atomic E-state index is 13.0. The number of hydrogen-bond acceptors (Lipinski definition) is 5. The Hall–Kier alpha value is -2.83. The average molecular weight is 340 g/mol. The van der Waals surface area contributed by atoms with Gasteiger partial charge >= 0.3 is 0 Å². The Kier molecular flexibility index (Phi) is 3.91. The van der Waals surface area contributed by atoms with Crippen LogP contribution in [0.5, 0.6) is 5.75 Å². The molecule has 4 rings (SSSR count). The van der Waals surface area contributed by atoms with E-state index in [-0.39, 0.29) is 11.8 Å². The van der Waals surface area contributed by atoms with Gasteiger partial charge < -0.3 is 19.1 Å². The summed E-state index contributed by atoms with van der Waals surface area (Å²) in [5.41, 5.74) is 2.56. The molecule has 7 heteroatoms. The summed E-state index contributed by atoms with van der Waals surface area (Å²) in [6.07, 6.45) is 3.05. The highest BCUT2D eigenvalue weighted by molar-refractivity contribution is 6.01. The van der Waals surface area contributed by atoms with E-state index in [1.54, 1.807) is 7.11 Å². The second-order valence-electron chi connectivity index (χ2n) is 6.39. The van der Waals surface area contributed by atoms with Crippen LogP contribution < -0.4 is 4.74 Å². The summed E-state index contributed by atoms with van der Waals surface area (Å²) >= 11 is 0. The number of aryl methyl sites for hydroxylation is 1. The molecule has 0 unspecified atom stereocenters. The minimum absolute atomic E-state index is 0.0410. The highest BCUT2D eigenvalue weighted by Gasteiger charge is 2.28. The standard InChI is InChI=1S/C18H20N4O3/c1-11-14-9-13(24-2)3-4-15(14)20-16(11)18(23)22-7-5-12(6-8-22)17-19-10-25-21-17/h3-4,9-10,12,20H,5-8H2,1-2H3. The molecule has 1 aromatic carbocycles. The number of carbonyl (C=O) groups is 1. The Labute approximate surface area is 145 Å². The number of rotatable bonds is 3. The molecular formula is C18H20N4O3. The van der Waals surface area contributed by atoms with Crippen molar-refractivity contribution in [2.75, 3.05) is 20.2 Å². The first-order valence-electron chi connectivity index (χ1n) is 8.39.